The first-order chi connectivity index (χ1) is 11.4. The maximum atomic E-state index is 13.2. The molecule has 2 aromatic heterocycles. The predicted octanol–water partition coefficient (Wildman–Crippen LogP) is 5.53. The summed E-state index contributed by atoms with van der Waals surface area (Å²) in [5.41, 5.74) is -0.187. The lowest BCUT2D eigenvalue weighted by atomic mass is 9.98. The number of pyridine rings is 2. The van der Waals surface area contributed by atoms with Gasteiger partial charge in [0.25, 0.3) is 0 Å². The van der Waals surface area contributed by atoms with Crippen LogP contribution in [0.15, 0.2) is 30.5 Å². The summed E-state index contributed by atoms with van der Waals surface area (Å²) in [4.78, 5) is 10.2. The normalized spacial score (nSPS) is 18.7. The smallest absolute Gasteiger partial charge is 0.347 e. The van der Waals surface area contributed by atoms with Crippen LogP contribution >= 0.6 is 23.2 Å². The number of alkyl halides is 3. The first kappa shape index (κ1) is 17.3. The van der Waals surface area contributed by atoms with Gasteiger partial charge in [0, 0.05) is 12.7 Å². The SMILES string of the molecule is FC(F)(F)c1cc(Cl)nc(N2CCCCC2c2ccccn2)c1Cl. The standard InChI is InChI=1S/C16H14Cl2F3N3/c17-13-9-10(16(19,20)21)14(18)15(23-13)24-8-4-2-6-12(24)11-5-1-3-7-22-11/h1,3,5,7,9,12H,2,4,6,8H2. The van der Waals surface area contributed by atoms with Crippen molar-refractivity contribution in [2.75, 3.05) is 11.4 Å². The molecule has 0 spiro atoms. The van der Waals surface area contributed by atoms with Gasteiger partial charge in [-0.15, -0.1) is 0 Å². The third kappa shape index (κ3) is 3.44. The summed E-state index contributed by atoms with van der Waals surface area (Å²) in [6.07, 6.45) is -0.356. The van der Waals surface area contributed by atoms with Crippen molar-refractivity contribution in [2.45, 2.75) is 31.5 Å². The number of anilines is 1. The summed E-state index contributed by atoms with van der Waals surface area (Å²) in [6.45, 7) is 0.547. The molecule has 24 heavy (non-hydrogen) atoms. The Morgan fingerprint density at radius 1 is 1.17 bits per heavy atom. The highest BCUT2D eigenvalue weighted by atomic mass is 35.5. The van der Waals surface area contributed by atoms with Crippen molar-refractivity contribution in [1.82, 2.24) is 9.97 Å². The van der Waals surface area contributed by atoms with Crippen LogP contribution in [0.3, 0.4) is 0 Å². The van der Waals surface area contributed by atoms with Crippen molar-refractivity contribution >= 4 is 29.0 Å². The van der Waals surface area contributed by atoms with Gasteiger partial charge in [-0.3, -0.25) is 4.98 Å². The second-order valence-electron chi connectivity index (χ2n) is 5.59. The van der Waals surface area contributed by atoms with E-state index in [-0.39, 0.29) is 17.0 Å². The van der Waals surface area contributed by atoms with Gasteiger partial charge in [0.1, 0.15) is 11.0 Å². The highest BCUT2D eigenvalue weighted by Crippen LogP contribution is 2.43. The first-order valence-corrected chi connectivity index (χ1v) is 8.24. The van der Waals surface area contributed by atoms with Crippen LogP contribution in [0.2, 0.25) is 10.2 Å². The zero-order chi connectivity index (χ0) is 17.3. The van der Waals surface area contributed by atoms with E-state index in [0.717, 1.165) is 31.0 Å². The average Bonchev–Trinajstić information content (AvgIpc) is 2.56. The van der Waals surface area contributed by atoms with E-state index in [9.17, 15) is 13.2 Å². The number of piperidine rings is 1. The van der Waals surface area contributed by atoms with Crippen LogP contribution in [0.1, 0.15) is 36.6 Å². The maximum Gasteiger partial charge on any atom is 0.418 e. The average molecular weight is 376 g/mol. The highest BCUT2D eigenvalue weighted by molar-refractivity contribution is 6.35. The quantitative estimate of drug-likeness (QED) is 0.645. The van der Waals surface area contributed by atoms with Crippen LogP contribution < -0.4 is 4.90 Å². The molecular weight excluding hydrogens is 362 g/mol. The highest BCUT2D eigenvalue weighted by Gasteiger charge is 2.37. The zero-order valence-corrected chi connectivity index (χ0v) is 14.0. The Labute approximate surface area is 147 Å². The van der Waals surface area contributed by atoms with Crippen LogP contribution in [0.25, 0.3) is 0 Å². The molecule has 0 N–H and O–H groups in total. The van der Waals surface area contributed by atoms with E-state index in [1.165, 1.54) is 0 Å². The summed E-state index contributed by atoms with van der Waals surface area (Å²) in [7, 11) is 0. The van der Waals surface area contributed by atoms with Crippen molar-refractivity contribution < 1.29 is 13.2 Å². The second-order valence-corrected chi connectivity index (χ2v) is 6.35. The summed E-state index contributed by atoms with van der Waals surface area (Å²) in [5, 5.41) is -0.651. The number of aromatic nitrogens is 2. The molecule has 128 valence electrons. The van der Waals surface area contributed by atoms with E-state index in [0.29, 0.717) is 6.54 Å². The fourth-order valence-electron chi connectivity index (χ4n) is 2.95. The van der Waals surface area contributed by atoms with Gasteiger partial charge in [-0.1, -0.05) is 29.3 Å². The number of hydrogen-bond acceptors (Lipinski definition) is 3. The second kappa shape index (κ2) is 6.76. The van der Waals surface area contributed by atoms with Gasteiger partial charge >= 0.3 is 6.18 Å². The van der Waals surface area contributed by atoms with E-state index < -0.39 is 16.8 Å². The summed E-state index contributed by atoms with van der Waals surface area (Å²) in [6, 6.07) is 6.08. The molecule has 0 bridgehead atoms. The maximum absolute atomic E-state index is 13.2. The van der Waals surface area contributed by atoms with Crippen LogP contribution in [-0.2, 0) is 6.18 Å². The Bertz CT molecular complexity index is 722. The number of halogens is 5. The first-order valence-electron chi connectivity index (χ1n) is 7.48. The Kier molecular flexibility index (Phi) is 4.88. The minimum atomic E-state index is -4.59. The van der Waals surface area contributed by atoms with E-state index in [4.69, 9.17) is 23.2 Å². The Morgan fingerprint density at radius 3 is 2.62 bits per heavy atom. The molecule has 8 heteroatoms. The number of hydrogen-bond donors (Lipinski definition) is 0. The third-order valence-electron chi connectivity index (χ3n) is 4.02. The molecule has 1 saturated heterocycles. The zero-order valence-electron chi connectivity index (χ0n) is 12.5. The molecule has 1 aliphatic heterocycles. The van der Waals surface area contributed by atoms with Crippen molar-refractivity contribution in [1.29, 1.82) is 0 Å². The molecule has 3 heterocycles. The molecule has 3 nitrogen and oxygen atoms in total. The van der Waals surface area contributed by atoms with Crippen molar-refractivity contribution in [3.05, 3.63) is 51.9 Å². The monoisotopic (exact) mass is 375 g/mol. The van der Waals surface area contributed by atoms with Crippen molar-refractivity contribution in [3.8, 4) is 0 Å². The molecule has 3 rings (SSSR count). The van der Waals surface area contributed by atoms with E-state index >= 15 is 0 Å². The third-order valence-corrected chi connectivity index (χ3v) is 4.58. The largest absolute Gasteiger partial charge is 0.418 e. The molecule has 1 fully saturated rings. The molecule has 0 aromatic carbocycles. The van der Waals surface area contributed by atoms with Gasteiger partial charge < -0.3 is 4.90 Å². The lowest BCUT2D eigenvalue weighted by molar-refractivity contribution is -0.137. The van der Waals surface area contributed by atoms with Gasteiger partial charge in [0.15, 0.2) is 0 Å². The van der Waals surface area contributed by atoms with Crippen molar-refractivity contribution in [3.63, 3.8) is 0 Å². The fraction of sp³-hybridized carbons (Fsp3) is 0.375. The molecule has 1 atom stereocenters. The minimum Gasteiger partial charge on any atom is -0.347 e. The van der Waals surface area contributed by atoms with Gasteiger partial charge in [-0.05, 0) is 37.5 Å². The van der Waals surface area contributed by atoms with Gasteiger partial charge in [0.05, 0.1) is 22.3 Å². The molecule has 0 saturated carbocycles. The van der Waals surface area contributed by atoms with E-state index in [1.54, 1.807) is 17.2 Å². The lowest BCUT2D eigenvalue weighted by Gasteiger charge is -2.37. The molecule has 2 aromatic rings. The molecule has 0 aliphatic carbocycles. The molecule has 0 radical (unpaired) electrons. The number of nitrogens with zero attached hydrogens (tertiary/aromatic N) is 3. The van der Waals surface area contributed by atoms with Crippen LogP contribution in [0, 0.1) is 0 Å². The summed E-state index contributed by atoms with van der Waals surface area (Å²) < 4.78 is 39.6. The van der Waals surface area contributed by atoms with Gasteiger partial charge in [-0.2, -0.15) is 13.2 Å². The van der Waals surface area contributed by atoms with Gasteiger partial charge in [-0.25, -0.2) is 4.98 Å². The van der Waals surface area contributed by atoms with Gasteiger partial charge in [0.2, 0.25) is 0 Å². The van der Waals surface area contributed by atoms with E-state index in [1.807, 2.05) is 12.1 Å². The molecule has 0 amide bonds. The Hall–Kier alpha value is -1.53. The van der Waals surface area contributed by atoms with Crippen LogP contribution in [-0.4, -0.2) is 16.5 Å². The van der Waals surface area contributed by atoms with Crippen LogP contribution in [0.4, 0.5) is 19.0 Å². The minimum absolute atomic E-state index is 0.0619. The number of rotatable bonds is 2. The Balaban J connectivity index is 2.07. The predicted molar refractivity (Wildman–Crippen MR) is 87.4 cm³/mol. The van der Waals surface area contributed by atoms with Crippen LogP contribution in [0.5, 0.6) is 0 Å². The topological polar surface area (TPSA) is 29.0 Å². The van der Waals surface area contributed by atoms with E-state index in [2.05, 4.69) is 9.97 Å². The Morgan fingerprint density at radius 2 is 1.96 bits per heavy atom. The van der Waals surface area contributed by atoms with Crippen molar-refractivity contribution in [2.24, 2.45) is 0 Å². The lowest BCUT2D eigenvalue weighted by Crippen LogP contribution is -2.35. The molecular formula is C16H14Cl2F3N3. The summed E-state index contributed by atoms with van der Waals surface area (Å²) >= 11 is 11.9. The molecule has 1 unspecified atom stereocenters. The fourth-order valence-corrected chi connectivity index (χ4v) is 3.45. The molecule has 1 aliphatic rings. The summed E-state index contributed by atoms with van der Waals surface area (Å²) in [5.74, 6) is 0.0619.